The van der Waals surface area contributed by atoms with Gasteiger partial charge in [-0.3, -0.25) is 9.59 Å². The standard InChI is InChI=1S/C30H28N2O4/c1-2-35-26-16-19(10-15-25(26)36-18-23-8-5-7-20-6-3-4-9-24(20)23)17-31-32-29(33)27-21-11-12-22(14-13-21)28(27)30(32)34/h3-12,15-17,21-22,27-28H,2,13-14,18H2,1H3/b31-17-/t21-,22-,27-,28+/m1/s1. The number of hydrogen-bond acceptors (Lipinski definition) is 5. The second-order valence-corrected chi connectivity index (χ2v) is 9.64. The molecule has 2 bridgehead atoms. The number of benzene rings is 3. The van der Waals surface area contributed by atoms with E-state index in [4.69, 9.17) is 9.47 Å². The molecule has 0 unspecified atom stereocenters. The molecule has 4 aliphatic rings. The number of allylic oxidation sites excluding steroid dienone is 2. The van der Waals surface area contributed by atoms with Gasteiger partial charge in [0.1, 0.15) is 6.61 Å². The fourth-order valence-electron chi connectivity index (χ4n) is 5.86. The minimum atomic E-state index is -0.262. The normalized spacial score (nSPS) is 24.6. The molecule has 1 saturated carbocycles. The molecule has 6 nitrogen and oxygen atoms in total. The maximum Gasteiger partial charge on any atom is 0.254 e. The molecule has 2 amide bonds. The van der Waals surface area contributed by atoms with Crippen molar-refractivity contribution in [1.82, 2.24) is 5.01 Å². The van der Waals surface area contributed by atoms with E-state index >= 15 is 0 Å². The molecular formula is C30H28N2O4. The second-order valence-electron chi connectivity index (χ2n) is 9.64. The summed E-state index contributed by atoms with van der Waals surface area (Å²) in [5.74, 6) is 0.643. The summed E-state index contributed by atoms with van der Waals surface area (Å²) in [5.41, 5.74) is 1.82. The lowest BCUT2D eigenvalue weighted by Gasteiger charge is -2.37. The van der Waals surface area contributed by atoms with Crippen LogP contribution in [0.5, 0.6) is 11.5 Å². The van der Waals surface area contributed by atoms with Crippen LogP contribution in [0.3, 0.4) is 0 Å². The maximum absolute atomic E-state index is 13.0. The minimum absolute atomic E-state index is 0.152. The van der Waals surface area contributed by atoms with E-state index in [1.54, 1.807) is 6.21 Å². The molecule has 182 valence electrons. The average Bonchev–Trinajstić information content (AvgIpc) is 3.19. The summed E-state index contributed by atoms with van der Waals surface area (Å²) < 4.78 is 12.0. The number of ether oxygens (including phenoxy) is 2. The smallest absolute Gasteiger partial charge is 0.254 e. The highest BCUT2D eigenvalue weighted by Crippen LogP contribution is 2.49. The third-order valence-electron chi connectivity index (χ3n) is 7.59. The Bertz CT molecular complexity index is 1360. The van der Waals surface area contributed by atoms with Gasteiger partial charge in [0, 0.05) is 0 Å². The Labute approximate surface area is 210 Å². The number of rotatable bonds is 7. The zero-order chi connectivity index (χ0) is 24.6. The Kier molecular flexibility index (Phi) is 5.80. The summed E-state index contributed by atoms with van der Waals surface area (Å²) >= 11 is 0. The van der Waals surface area contributed by atoms with Crippen LogP contribution in [0.25, 0.3) is 10.8 Å². The van der Waals surface area contributed by atoms with Gasteiger partial charge in [-0.2, -0.15) is 10.1 Å². The number of carbonyl (C=O) groups is 2. The summed E-state index contributed by atoms with van der Waals surface area (Å²) in [6.45, 7) is 2.80. The molecule has 4 atom stereocenters. The van der Waals surface area contributed by atoms with Gasteiger partial charge in [0.25, 0.3) is 11.8 Å². The van der Waals surface area contributed by atoms with E-state index in [9.17, 15) is 9.59 Å². The van der Waals surface area contributed by atoms with Gasteiger partial charge in [-0.25, -0.2) is 0 Å². The van der Waals surface area contributed by atoms with Crippen LogP contribution in [0, 0.1) is 23.7 Å². The van der Waals surface area contributed by atoms with Crippen LogP contribution in [0.15, 0.2) is 77.9 Å². The first-order chi connectivity index (χ1) is 17.6. The Morgan fingerprint density at radius 3 is 2.33 bits per heavy atom. The Morgan fingerprint density at radius 1 is 0.889 bits per heavy atom. The maximum atomic E-state index is 13.0. The Balaban J connectivity index is 1.20. The van der Waals surface area contributed by atoms with Crippen molar-refractivity contribution in [2.24, 2.45) is 28.8 Å². The molecule has 1 saturated heterocycles. The highest BCUT2D eigenvalue weighted by molar-refractivity contribution is 6.06. The summed E-state index contributed by atoms with van der Waals surface area (Å²) in [5, 5.41) is 7.73. The van der Waals surface area contributed by atoms with Gasteiger partial charge in [-0.15, -0.1) is 0 Å². The van der Waals surface area contributed by atoms with Gasteiger partial charge in [-0.1, -0.05) is 54.6 Å². The molecular weight excluding hydrogens is 452 g/mol. The molecule has 2 fully saturated rings. The number of hydrazone groups is 1. The highest BCUT2D eigenvalue weighted by atomic mass is 16.5. The SMILES string of the molecule is CCOc1cc(/C=N\N2C(=O)[C@@H]3[C@H](C2=O)[C@@H]2C=C[C@@H]3CC2)ccc1OCc1cccc2ccccc12. The molecule has 7 rings (SSSR count). The molecule has 1 heterocycles. The third-order valence-corrected chi connectivity index (χ3v) is 7.59. The van der Waals surface area contributed by atoms with Crippen LogP contribution in [0.2, 0.25) is 0 Å². The third kappa shape index (κ3) is 3.87. The first-order valence-corrected chi connectivity index (χ1v) is 12.6. The minimum Gasteiger partial charge on any atom is -0.490 e. The van der Waals surface area contributed by atoms with Crippen LogP contribution in [-0.2, 0) is 16.2 Å². The first kappa shape index (κ1) is 22.5. The van der Waals surface area contributed by atoms with Gasteiger partial charge in [-0.05, 0) is 71.7 Å². The fourth-order valence-corrected chi connectivity index (χ4v) is 5.86. The van der Waals surface area contributed by atoms with Gasteiger partial charge in [0.15, 0.2) is 11.5 Å². The lowest BCUT2D eigenvalue weighted by atomic mass is 9.63. The van der Waals surface area contributed by atoms with Crippen LogP contribution in [-0.4, -0.2) is 29.6 Å². The molecule has 6 heteroatoms. The predicted octanol–water partition coefficient (Wildman–Crippen LogP) is 5.35. The van der Waals surface area contributed by atoms with E-state index in [0.29, 0.717) is 24.7 Å². The number of fused-ring (bicyclic) bond motifs is 2. The number of amides is 2. The number of nitrogens with zero attached hydrogens (tertiary/aromatic N) is 2. The first-order valence-electron chi connectivity index (χ1n) is 12.6. The van der Waals surface area contributed by atoms with Crippen LogP contribution < -0.4 is 9.47 Å². The van der Waals surface area contributed by atoms with E-state index < -0.39 is 0 Å². The van der Waals surface area contributed by atoms with Crippen molar-refractivity contribution in [3.63, 3.8) is 0 Å². The number of hydrogen-bond donors (Lipinski definition) is 0. The zero-order valence-corrected chi connectivity index (χ0v) is 20.2. The van der Waals surface area contributed by atoms with Gasteiger partial charge in [0.2, 0.25) is 0 Å². The van der Waals surface area contributed by atoms with Crippen LogP contribution in [0.4, 0.5) is 0 Å². The van der Waals surface area contributed by atoms with Gasteiger partial charge < -0.3 is 9.47 Å². The molecule has 0 radical (unpaired) electrons. The van der Waals surface area contributed by atoms with Crippen molar-refractivity contribution in [2.45, 2.75) is 26.4 Å². The molecule has 0 N–H and O–H groups in total. The summed E-state index contributed by atoms with van der Waals surface area (Å²) in [6.07, 6.45) is 7.71. The van der Waals surface area contributed by atoms with E-state index in [0.717, 1.165) is 34.4 Å². The lowest BCUT2D eigenvalue weighted by molar-refractivity contribution is -0.140. The lowest BCUT2D eigenvalue weighted by Crippen LogP contribution is -2.38. The molecule has 0 aromatic heterocycles. The molecule has 1 aliphatic heterocycles. The van der Waals surface area contributed by atoms with Crippen molar-refractivity contribution in [3.8, 4) is 11.5 Å². The van der Waals surface area contributed by atoms with Crippen molar-refractivity contribution in [1.29, 1.82) is 0 Å². The van der Waals surface area contributed by atoms with Crippen LogP contribution >= 0.6 is 0 Å². The molecule has 3 aromatic rings. The van der Waals surface area contributed by atoms with Crippen molar-refractivity contribution < 1.29 is 19.1 Å². The second kappa shape index (κ2) is 9.26. The van der Waals surface area contributed by atoms with E-state index in [1.807, 2.05) is 43.3 Å². The summed E-state index contributed by atoms with van der Waals surface area (Å²) in [7, 11) is 0. The summed E-state index contributed by atoms with van der Waals surface area (Å²) in [4.78, 5) is 26.0. The van der Waals surface area contributed by atoms with Crippen molar-refractivity contribution in [2.75, 3.05) is 6.61 Å². The largest absolute Gasteiger partial charge is 0.490 e. The summed E-state index contributed by atoms with van der Waals surface area (Å²) in [6, 6.07) is 19.9. The van der Waals surface area contributed by atoms with Gasteiger partial charge >= 0.3 is 0 Å². The number of carbonyl (C=O) groups excluding carboxylic acids is 2. The quantitative estimate of drug-likeness (QED) is 0.260. The molecule has 3 aliphatic carbocycles. The van der Waals surface area contributed by atoms with Gasteiger partial charge in [0.05, 0.1) is 24.7 Å². The van der Waals surface area contributed by atoms with E-state index in [-0.39, 0.29) is 35.5 Å². The zero-order valence-electron chi connectivity index (χ0n) is 20.2. The topological polar surface area (TPSA) is 68.2 Å². The van der Waals surface area contributed by atoms with E-state index in [2.05, 4.69) is 41.5 Å². The molecule has 3 aromatic carbocycles. The average molecular weight is 481 g/mol. The van der Waals surface area contributed by atoms with E-state index in [1.165, 1.54) is 5.39 Å². The monoisotopic (exact) mass is 480 g/mol. The highest BCUT2D eigenvalue weighted by Gasteiger charge is 2.56. The Morgan fingerprint density at radius 2 is 1.61 bits per heavy atom. The Hall–Kier alpha value is -3.93. The van der Waals surface area contributed by atoms with Crippen molar-refractivity contribution in [3.05, 3.63) is 83.9 Å². The van der Waals surface area contributed by atoms with Crippen molar-refractivity contribution >= 4 is 28.8 Å². The number of imide groups is 1. The van der Waals surface area contributed by atoms with Crippen LogP contribution in [0.1, 0.15) is 30.9 Å². The molecule has 0 spiro atoms. The fraction of sp³-hybridized carbons (Fsp3) is 0.300. The predicted molar refractivity (Wildman–Crippen MR) is 138 cm³/mol. The molecule has 36 heavy (non-hydrogen) atoms.